The molecular formula is C15H24Cl2N2O. The van der Waals surface area contributed by atoms with E-state index in [-0.39, 0.29) is 12.4 Å². The van der Waals surface area contributed by atoms with Crippen molar-refractivity contribution in [2.24, 2.45) is 5.92 Å². The molecule has 1 fully saturated rings. The SMILES string of the molecule is CN(CCOc1cccc(Cl)c1)CC1CCCNC1.Cl. The number of piperidine rings is 1. The molecule has 1 heterocycles. The molecule has 1 saturated heterocycles. The van der Waals surface area contributed by atoms with E-state index >= 15 is 0 Å². The van der Waals surface area contributed by atoms with Crippen molar-refractivity contribution in [2.75, 3.05) is 39.8 Å². The molecule has 1 aromatic rings. The molecule has 3 nitrogen and oxygen atoms in total. The van der Waals surface area contributed by atoms with Gasteiger partial charge in [0, 0.05) is 18.1 Å². The predicted molar refractivity (Wildman–Crippen MR) is 87.3 cm³/mol. The first-order chi connectivity index (χ1) is 9.24. The van der Waals surface area contributed by atoms with E-state index in [1.807, 2.05) is 24.3 Å². The van der Waals surface area contributed by atoms with Crippen LogP contribution in [-0.2, 0) is 0 Å². The van der Waals surface area contributed by atoms with E-state index in [9.17, 15) is 0 Å². The quantitative estimate of drug-likeness (QED) is 0.872. The number of nitrogens with one attached hydrogen (secondary N) is 1. The van der Waals surface area contributed by atoms with Crippen molar-refractivity contribution in [3.05, 3.63) is 29.3 Å². The van der Waals surface area contributed by atoms with Gasteiger partial charge in [-0.25, -0.2) is 0 Å². The van der Waals surface area contributed by atoms with E-state index in [1.54, 1.807) is 0 Å². The van der Waals surface area contributed by atoms with Crippen molar-refractivity contribution in [3.63, 3.8) is 0 Å². The van der Waals surface area contributed by atoms with Crippen LogP contribution in [0.15, 0.2) is 24.3 Å². The van der Waals surface area contributed by atoms with Crippen molar-refractivity contribution >= 4 is 24.0 Å². The van der Waals surface area contributed by atoms with Crippen molar-refractivity contribution in [2.45, 2.75) is 12.8 Å². The summed E-state index contributed by atoms with van der Waals surface area (Å²) < 4.78 is 5.70. The van der Waals surface area contributed by atoms with Crippen LogP contribution in [0.5, 0.6) is 5.75 Å². The molecule has 0 radical (unpaired) electrons. The molecule has 1 aliphatic heterocycles. The minimum absolute atomic E-state index is 0. The van der Waals surface area contributed by atoms with Gasteiger partial charge in [0.05, 0.1) is 0 Å². The summed E-state index contributed by atoms with van der Waals surface area (Å²) in [6, 6.07) is 7.56. The molecular weight excluding hydrogens is 295 g/mol. The smallest absolute Gasteiger partial charge is 0.120 e. The van der Waals surface area contributed by atoms with Gasteiger partial charge in [-0.2, -0.15) is 0 Å². The number of likely N-dealkylation sites (N-methyl/N-ethyl adjacent to an activating group) is 1. The van der Waals surface area contributed by atoms with E-state index < -0.39 is 0 Å². The Morgan fingerprint density at radius 3 is 3.00 bits per heavy atom. The Hall–Kier alpha value is -0.480. The van der Waals surface area contributed by atoms with Crippen LogP contribution in [0.2, 0.25) is 5.02 Å². The lowest BCUT2D eigenvalue weighted by Crippen LogP contribution is -2.38. The standard InChI is InChI=1S/C15H23ClN2O.ClH/c1-18(12-13-4-3-7-17-11-13)8-9-19-15-6-2-5-14(16)10-15;/h2,5-6,10,13,17H,3-4,7-9,11-12H2,1H3;1H. The van der Waals surface area contributed by atoms with Gasteiger partial charge < -0.3 is 15.0 Å². The summed E-state index contributed by atoms with van der Waals surface area (Å²) in [4.78, 5) is 2.35. The topological polar surface area (TPSA) is 24.5 Å². The molecule has 1 N–H and O–H groups in total. The summed E-state index contributed by atoms with van der Waals surface area (Å²) in [5, 5.41) is 4.18. The van der Waals surface area contributed by atoms with Gasteiger partial charge in [0.15, 0.2) is 0 Å². The van der Waals surface area contributed by atoms with E-state index in [1.165, 1.54) is 19.4 Å². The van der Waals surface area contributed by atoms with E-state index in [0.717, 1.165) is 36.3 Å². The van der Waals surface area contributed by atoms with Crippen molar-refractivity contribution in [3.8, 4) is 5.75 Å². The summed E-state index contributed by atoms with van der Waals surface area (Å²) in [5.41, 5.74) is 0. The Bertz CT molecular complexity index is 384. The molecule has 5 heteroatoms. The number of hydrogen-bond donors (Lipinski definition) is 1. The Labute approximate surface area is 133 Å². The first kappa shape index (κ1) is 17.6. The van der Waals surface area contributed by atoms with Gasteiger partial charge in [0.2, 0.25) is 0 Å². The molecule has 114 valence electrons. The number of benzene rings is 1. The second-order valence-corrected chi connectivity index (χ2v) is 5.72. The zero-order chi connectivity index (χ0) is 13.5. The fourth-order valence-corrected chi connectivity index (χ4v) is 2.67. The van der Waals surface area contributed by atoms with Gasteiger partial charge in [0.25, 0.3) is 0 Å². The summed E-state index contributed by atoms with van der Waals surface area (Å²) >= 11 is 5.92. The molecule has 0 bridgehead atoms. The predicted octanol–water partition coefficient (Wildman–Crippen LogP) is 3.07. The summed E-state index contributed by atoms with van der Waals surface area (Å²) in [6.07, 6.45) is 2.64. The molecule has 2 rings (SSSR count). The number of nitrogens with zero attached hydrogens (tertiary/aromatic N) is 1. The normalized spacial score (nSPS) is 18.6. The van der Waals surface area contributed by atoms with Crippen LogP contribution in [0.25, 0.3) is 0 Å². The van der Waals surface area contributed by atoms with Crippen LogP contribution in [-0.4, -0.2) is 44.7 Å². The summed E-state index contributed by atoms with van der Waals surface area (Å²) in [5.74, 6) is 1.63. The third kappa shape index (κ3) is 6.31. The van der Waals surface area contributed by atoms with Crippen LogP contribution in [0, 0.1) is 5.92 Å². The van der Waals surface area contributed by atoms with Crippen LogP contribution in [0.3, 0.4) is 0 Å². The third-order valence-corrected chi connectivity index (χ3v) is 3.74. The average molecular weight is 319 g/mol. The van der Waals surface area contributed by atoms with Gasteiger partial charge in [-0.15, -0.1) is 12.4 Å². The van der Waals surface area contributed by atoms with Gasteiger partial charge in [-0.05, 0) is 57.1 Å². The van der Waals surface area contributed by atoms with Gasteiger partial charge >= 0.3 is 0 Å². The molecule has 1 aromatic carbocycles. The maximum Gasteiger partial charge on any atom is 0.120 e. The Morgan fingerprint density at radius 2 is 2.30 bits per heavy atom. The second kappa shape index (κ2) is 9.46. The first-order valence-corrected chi connectivity index (χ1v) is 7.39. The molecule has 1 atom stereocenters. The zero-order valence-corrected chi connectivity index (χ0v) is 13.6. The van der Waals surface area contributed by atoms with Gasteiger partial charge in [-0.3, -0.25) is 0 Å². The van der Waals surface area contributed by atoms with Crippen LogP contribution in [0.4, 0.5) is 0 Å². The number of halogens is 2. The number of rotatable bonds is 6. The fourth-order valence-electron chi connectivity index (χ4n) is 2.49. The molecule has 20 heavy (non-hydrogen) atoms. The largest absolute Gasteiger partial charge is 0.492 e. The average Bonchev–Trinajstić information content (AvgIpc) is 2.40. The Morgan fingerprint density at radius 1 is 1.45 bits per heavy atom. The summed E-state index contributed by atoms with van der Waals surface area (Å²) in [6.45, 7) is 5.13. The number of ether oxygens (including phenoxy) is 1. The van der Waals surface area contributed by atoms with E-state index in [2.05, 4.69) is 17.3 Å². The maximum absolute atomic E-state index is 5.92. The van der Waals surface area contributed by atoms with Crippen LogP contribution >= 0.6 is 24.0 Å². The molecule has 0 aromatic heterocycles. The molecule has 0 aliphatic carbocycles. The van der Waals surface area contributed by atoms with Crippen molar-refractivity contribution < 1.29 is 4.74 Å². The van der Waals surface area contributed by atoms with E-state index in [4.69, 9.17) is 16.3 Å². The molecule has 1 aliphatic rings. The lowest BCUT2D eigenvalue weighted by Gasteiger charge is -2.27. The second-order valence-electron chi connectivity index (χ2n) is 5.28. The molecule has 0 amide bonds. The highest BCUT2D eigenvalue weighted by atomic mass is 35.5. The highest BCUT2D eigenvalue weighted by molar-refractivity contribution is 6.30. The molecule has 0 spiro atoms. The maximum atomic E-state index is 5.92. The minimum Gasteiger partial charge on any atom is -0.492 e. The zero-order valence-electron chi connectivity index (χ0n) is 12.0. The lowest BCUT2D eigenvalue weighted by atomic mass is 9.99. The fraction of sp³-hybridized carbons (Fsp3) is 0.600. The van der Waals surface area contributed by atoms with Crippen molar-refractivity contribution in [1.82, 2.24) is 10.2 Å². The van der Waals surface area contributed by atoms with Gasteiger partial charge in [-0.1, -0.05) is 17.7 Å². The Balaban J connectivity index is 0.00000200. The third-order valence-electron chi connectivity index (χ3n) is 3.51. The van der Waals surface area contributed by atoms with Gasteiger partial charge in [0.1, 0.15) is 12.4 Å². The molecule has 1 unspecified atom stereocenters. The van der Waals surface area contributed by atoms with E-state index in [0.29, 0.717) is 6.61 Å². The Kier molecular flexibility index (Phi) is 8.31. The summed E-state index contributed by atoms with van der Waals surface area (Å²) in [7, 11) is 2.16. The minimum atomic E-state index is 0. The lowest BCUT2D eigenvalue weighted by molar-refractivity contribution is 0.201. The molecule has 0 saturated carbocycles. The van der Waals surface area contributed by atoms with Crippen LogP contribution in [0.1, 0.15) is 12.8 Å². The monoisotopic (exact) mass is 318 g/mol. The van der Waals surface area contributed by atoms with Crippen LogP contribution < -0.4 is 10.1 Å². The van der Waals surface area contributed by atoms with Crippen molar-refractivity contribution in [1.29, 1.82) is 0 Å². The number of hydrogen-bond acceptors (Lipinski definition) is 3. The highest BCUT2D eigenvalue weighted by Crippen LogP contribution is 2.17. The highest BCUT2D eigenvalue weighted by Gasteiger charge is 2.14. The first-order valence-electron chi connectivity index (χ1n) is 7.01.